The Hall–Kier alpha value is -2.33. The normalized spacial score (nSPS) is 12.5. The second-order valence-electron chi connectivity index (χ2n) is 8.70. The van der Waals surface area contributed by atoms with Gasteiger partial charge in [-0.3, -0.25) is 9.59 Å². The van der Waals surface area contributed by atoms with Gasteiger partial charge in [-0.2, -0.15) is 12.7 Å². The van der Waals surface area contributed by atoms with Crippen molar-refractivity contribution in [2.45, 2.75) is 33.4 Å². The van der Waals surface area contributed by atoms with Crippen molar-refractivity contribution in [1.82, 2.24) is 14.5 Å². The Morgan fingerprint density at radius 3 is 2.17 bits per heavy atom. The van der Waals surface area contributed by atoms with E-state index < -0.39 is 28.7 Å². The quantitative estimate of drug-likeness (QED) is 0.467. The van der Waals surface area contributed by atoms with Gasteiger partial charge >= 0.3 is 10.2 Å². The lowest BCUT2D eigenvalue weighted by atomic mass is 10.1. The van der Waals surface area contributed by atoms with Gasteiger partial charge in [0.15, 0.2) is 0 Å². The molecule has 0 saturated heterocycles. The van der Waals surface area contributed by atoms with Gasteiger partial charge in [-0.25, -0.2) is 4.31 Å². The minimum atomic E-state index is -4.00. The summed E-state index contributed by atoms with van der Waals surface area (Å²) in [5.41, 5.74) is 0.908. The number of nitrogens with one attached hydrogen (secondary N) is 1. The van der Waals surface area contributed by atoms with Crippen molar-refractivity contribution in [3.05, 3.63) is 64.1 Å². The standard InChI is InChI=1S/C24H32Cl2N4O4S/c1-17(2)14-27-24(32)18(3)29(15-19-11-12-20(25)13-22(19)26)23(31)16-30(35(33,34)28(4)5)21-9-7-6-8-10-21/h6-13,17-18H,14-16H2,1-5H3,(H,27,32). The SMILES string of the molecule is CC(C)CNC(=O)C(C)N(Cc1ccc(Cl)cc1Cl)C(=O)CN(c1ccccc1)S(=O)(=O)N(C)C. The number of nitrogens with zero attached hydrogens (tertiary/aromatic N) is 3. The van der Waals surface area contributed by atoms with E-state index in [1.165, 1.54) is 19.0 Å². The zero-order chi connectivity index (χ0) is 26.3. The molecule has 1 atom stereocenters. The molecule has 0 aliphatic heterocycles. The molecule has 0 spiro atoms. The smallest absolute Gasteiger partial charge is 0.304 e. The van der Waals surface area contributed by atoms with E-state index in [9.17, 15) is 18.0 Å². The van der Waals surface area contributed by atoms with Crippen LogP contribution < -0.4 is 9.62 Å². The molecule has 0 heterocycles. The zero-order valence-corrected chi connectivity index (χ0v) is 22.9. The van der Waals surface area contributed by atoms with Gasteiger partial charge < -0.3 is 10.2 Å². The summed E-state index contributed by atoms with van der Waals surface area (Å²) in [4.78, 5) is 27.8. The monoisotopic (exact) mass is 542 g/mol. The molecular formula is C24H32Cl2N4O4S. The summed E-state index contributed by atoms with van der Waals surface area (Å²) in [6.45, 7) is 5.46. The van der Waals surface area contributed by atoms with Crippen LogP contribution in [0.1, 0.15) is 26.3 Å². The topological polar surface area (TPSA) is 90.0 Å². The van der Waals surface area contributed by atoms with Crippen LogP contribution in [-0.4, -0.2) is 62.7 Å². The van der Waals surface area contributed by atoms with Crippen molar-refractivity contribution in [1.29, 1.82) is 0 Å². The first-order chi connectivity index (χ1) is 16.3. The fraction of sp³-hybridized carbons (Fsp3) is 0.417. The third-order valence-electron chi connectivity index (χ3n) is 5.27. The molecule has 8 nitrogen and oxygen atoms in total. The first-order valence-corrected chi connectivity index (χ1v) is 13.3. The van der Waals surface area contributed by atoms with E-state index in [0.29, 0.717) is 27.8 Å². The summed E-state index contributed by atoms with van der Waals surface area (Å²) < 4.78 is 28.2. The molecule has 2 aromatic carbocycles. The number of rotatable bonds is 11. The number of hydrogen-bond donors (Lipinski definition) is 1. The van der Waals surface area contributed by atoms with Crippen LogP contribution in [0.3, 0.4) is 0 Å². The third-order valence-corrected chi connectivity index (χ3v) is 7.68. The van der Waals surface area contributed by atoms with Crippen LogP contribution in [0.15, 0.2) is 48.5 Å². The highest BCUT2D eigenvalue weighted by Crippen LogP contribution is 2.24. The maximum absolute atomic E-state index is 13.6. The maximum atomic E-state index is 13.6. The minimum Gasteiger partial charge on any atom is -0.354 e. The summed E-state index contributed by atoms with van der Waals surface area (Å²) in [6, 6.07) is 12.3. The lowest BCUT2D eigenvalue weighted by molar-refractivity contribution is -0.139. The summed E-state index contributed by atoms with van der Waals surface area (Å²) in [7, 11) is -1.22. The van der Waals surface area contributed by atoms with Crippen molar-refractivity contribution in [3.63, 3.8) is 0 Å². The Bertz CT molecular complexity index is 1130. The van der Waals surface area contributed by atoms with Crippen molar-refractivity contribution in [3.8, 4) is 0 Å². The highest BCUT2D eigenvalue weighted by molar-refractivity contribution is 7.90. The number of benzene rings is 2. The average molecular weight is 544 g/mol. The largest absolute Gasteiger partial charge is 0.354 e. The molecule has 0 saturated carbocycles. The van der Waals surface area contributed by atoms with Crippen LogP contribution in [0.5, 0.6) is 0 Å². The summed E-state index contributed by atoms with van der Waals surface area (Å²) in [5, 5.41) is 3.61. The van der Waals surface area contributed by atoms with Crippen LogP contribution in [0.25, 0.3) is 0 Å². The minimum absolute atomic E-state index is 0.00422. The number of para-hydroxylation sites is 1. The van der Waals surface area contributed by atoms with Gasteiger partial charge in [0.25, 0.3) is 0 Å². The molecule has 1 N–H and O–H groups in total. The van der Waals surface area contributed by atoms with Crippen molar-refractivity contribution < 1.29 is 18.0 Å². The van der Waals surface area contributed by atoms with Crippen molar-refractivity contribution in [2.75, 3.05) is 31.5 Å². The van der Waals surface area contributed by atoms with E-state index in [1.54, 1.807) is 55.5 Å². The lowest BCUT2D eigenvalue weighted by Crippen LogP contribution is -2.52. The summed E-state index contributed by atoms with van der Waals surface area (Å²) in [5.74, 6) is -0.684. The Kier molecular flexibility index (Phi) is 10.4. The molecule has 0 radical (unpaired) electrons. The third kappa shape index (κ3) is 7.83. The van der Waals surface area contributed by atoms with Gasteiger partial charge in [-0.1, -0.05) is 61.3 Å². The fourth-order valence-corrected chi connectivity index (χ4v) is 4.70. The van der Waals surface area contributed by atoms with E-state index in [1.807, 2.05) is 13.8 Å². The Labute approximate surface area is 218 Å². The second kappa shape index (κ2) is 12.6. The Morgan fingerprint density at radius 1 is 1.00 bits per heavy atom. The van der Waals surface area contributed by atoms with Gasteiger partial charge in [0, 0.05) is 37.2 Å². The zero-order valence-electron chi connectivity index (χ0n) is 20.5. The molecule has 0 bridgehead atoms. The average Bonchev–Trinajstić information content (AvgIpc) is 2.80. The van der Waals surface area contributed by atoms with E-state index in [0.717, 1.165) is 8.61 Å². The molecule has 0 aliphatic rings. The molecule has 0 fully saturated rings. The first-order valence-electron chi connectivity index (χ1n) is 11.1. The van der Waals surface area contributed by atoms with Crippen LogP contribution in [0, 0.1) is 5.92 Å². The highest BCUT2D eigenvalue weighted by Gasteiger charge is 2.32. The van der Waals surface area contributed by atoms with Gasteiger partial charge in [-0.05, 0) is 42.7 Å². The number of hydrogen-bond acceptors (Lipinski definition) is 4. The second-order valence-corrected chi connectivity index (χ2v) is 11.6. The summed E-state index contributed by atoms with van der Waals surface area (Å²) in [6.07, 6.45) is 0. The molecule has 2 rings (SSSR count). The van der Waals surface area contributed by atoms with Gasteiger partial charge in [0.1, 0.15) is 12.6 Å². The van der Waals surface area contributed by atoms with E-state index in [2.05, 4.69) is 5.32 Å². The predicted molar refractivity (Wildman–Crippen MR) is 141 cm³/mol. The number of anilines is 1. The molecule has 2 aromatic rings. The molecule has 2 amide bonds. The number of amides is 2. The molecule has 0 aliphatic carbocycles. The maximum Gasteiger partial charge on any atom is 0.304 e. The number of halogens is 2. The summed E-state index contributed by atoms with van der Waals surface area (Å²) >= 11 is 12.4. The van der Waals surface area contributed by atoms with Gasteiger partial charge in [0.2, 0.25) is 11.8 Å². The highest BCUT2D eigenvalue weighted by atomic mass is 35.5. The molecule has 35 heavy (non-hydrogen) atoms. The van der Waals surface area contributed by atoms with E-state index >= 15 is 0 Å². The predicted octanol–water partition coefficient (Wildman–Crippen LogP) is 3.80. The van der Waals surface area contributed by atoms with Crippen LogP contribution >= 0.6 is 23.2 Å². The number of carbonyl (C=O) groups excluding carboxylic acids is 2. The van der Waals surface area contributed by atoms with E-state index in [-0.39, 0.29) is 18.4 Å². The van der Waals surface area contributed by atoms with Crippen molar-refractivity contribution >= 4 is 50.9 Å². The first kappa shape index (κ1) is 28.9. The number of carbonyl (C=O) groups is 2. The molecule has 0 aromatic heterocycles. The molecular weight excluding hydrogens is 511 g/mol. The van der Waals surface area contributed by atoms with E-state index in [4.69, 9.17) is 23.2 Å². The fourth-order valence-electron chi connectivity index (χ4n) is 3.18. The van der Waals surface area contributed by atoms with Crippen LogP contribution in [-0.2, 0) is 26.3 Å². The molecule has 192 valence electrons. The van der Waals surface area contributed by atoms with Gasteiger partial charge in [-0.15, -0.1) is 0 Å². The van der Waals surface area contributed by atoms with Crippen LogP contribution in [0.2, 0.25) is 10.0 Å². The lowest BCUT2D eigenvalue weighted by Gasteiger charge is -2.33. The molecule has 11 heteroatoms. The molecule has 1 unspecified atom stereocenters. The van der Waals surface area contributed by atoms with Gasteiger partial charge in [0.05, 0.1) is 5.69 Å². The Morgan fingerprint density at radius 2 is 1.63 bits per heavy atom. The Balaban J connectivity index is 2.44. The van der Waals surface area contributed by atoms with Crippen molar-refractivity contribution in [2.24, 2.45) is 5.92 Å². The van der Waals surface area contributed by atoms with Crippen LogP contribution in [0.4, 0.5) is 5.69 Å².